The second-order valence-corrected chi connectivity index (χ2v) is 7.53. The molecule has 0 aliphatic carbocycles. The normalized spacial score (nSPS) is 21.2. The van der Waals surface area contributed by atoms with E-state index in [1.807, 2.05) is 18.2 Å². The Balaban J connectivity index is 1.85. The molecule has 0 aromatic heterocycles. The Kier molecular flexibility index (Phi) is 4.84. The molecular formula is C13H18ClNO3S. The second-order valence-electron chi connectivity index (χ2n) is 4.82. The van der Waals surface area contributed by atoms with E-state index in [-0.39, 0.29) is 11.5 Å². The largest absolute Gasteiger partial charge is 0.388 e. The summed E-state index contributed by atoms with van der Waals surface area (Å²) in [5.41, 5.74) is 0.730. The van der Waals surface area contributed by atoms with Gasteiger partial charge in [0.2, 0.25) is 0 Å². The van der Waals surface area contributed by atoms with Gasteiger partial charge in [-0.15, -0.1) is 0 Å². The number of benzene rings is 1. The highest BCUT2D eigenvalue weighted by molar-refractivity contribution is 7.91. The summed E-state index contributed by atoms with van der Waals surface area (Å²) in [6.07, 6.45) is -0.0451. The van der Waals surface area contributed by atoms with Crippen LogP contribution >= 0.6 is 11.6 Å². The summed E-state index contributed by atoms with van der Waals surface area (Å²) < 4.78 is 22.6. The van der Waals surface area contributed by atoms with Crippen molar-refractivity contribution in [3.63, 3.8) is 0 Å². The van der Waals surface area contributed by atoms with Crippen LogP contribution < -0.4 is 0 Å². The van der Waals surface area contributed by atoms with Crippen LogP contribution in [0.1, 0.15) is 18.1 Å². The van der Waals surface area contributed by atoms with Crippen LogP contribution in [-0.2, 0) is 9.84 Å². The summed E-state index contributed by atoms with van der Waals surface area (Å²) in [6.45, 7) is 1.79. The van der Waals surface area contributed by atoms with Gasteiger partial charge in [-0.05, 0) is 18.1 Å². The Hall–Kier alpha value is -0.620. The van der Waals surface area contributed by atoms with Crippen LogP contribution in [0.4, 0.5) is 0 Å². The van der Waals surface area contributed by atoms with Gasteiger partial charge in [-0.3, -0.25) is 0 Å². The van der Waals surface area contributed by atoms with Crippen LogP contribution in [0.25, 0.3) is 0 Å². The number of sulfone groups is 1. The van der Waals surface area contributed by atoms with Crippen LogP contribution in [0.5, 0.6) is 0 Å². The van der Waals surface area contributed by atoms with Crippen molar-refractivity contribution >= 4 is 21.4 Å². The van der Waals surface area contributed by atoms with Gasteiger partial charge in [-0.1, -0.05) is 29.8 Å². The summed E-state index contributed by atoms with van der Waals surface area (Å²) in [7, 11) is -2.84. The van der Waals surface area contributed by atoms with Gasteiger partial charge in [0.25, 0.3) is 0 Å². The zero-order chi connectivity index (χ0) is 13.9. The molecular weight excluding hydrogens is 286 g/mol. The summed E-state index contributed by atoms with van der Waals surface area (Å²) in [6, 6.07) is 7.24. The molecule has 106 valence electrons. The lowest BCUT2D eigenvalue weighted by Crippen LogP contribution is -2.40. The molecule has 19 heavy (non-hydrogen) atoms. The summed E-state index contributed by atoms with van der Waals surface area (Å²) >= 11 is 6.03. The Morgan fingerprint density at radius 1 is 1.26 bits per heavy atom. The fourth-order valence-electron chi connectivity index (χ4n) is 2.18. The number of hydrogen-bond acceptors (Lipinski definition) is 4. The monoisotopic (exact) mass is 303 g/mol. The van der Waals surface area contributed by atoms with Gasteiger partial charge in [0, 0.05) is 24.7 Å². The molecule has 0 bridgehead atoms. The minimum absolute atomic E-state index is 0.217. The van der Waals surface area contributed by atoms with Crippen LogP contribution in [-0.4, -0.2) is 49.6 Å². The van der Waals surface area contributed by atoms with Crippen molar-refractivity contribution in [1.82, 2.24) is 4.90 Å². The van der Waals surface area contributed by atoms with Crippen molar-refractivity contribution in [2.45, 2.75) is 12.5 Å². The second kappa shape index (κ2) is 6.22. The van der Waals surface area contributed by atoms with E-state index in [9.17, 15) is 13.5 Å². The van der Waals surface area contributed by atoms with Gasteiger partial charge in [-0.2, -0.15) is 0 Å². The molecule has 1 unspecified atom stereocenters. The Morgan fingerprint density at radius 3 is 2.53 bits per heavy atom. The molecule has 0 radical (unpaired) electrons. The standard InChI is InChI=1S/C13H18ClNO3S/c14-12-4-2-1-3-11(12)13(16)5-6-15-7-9-19(17,18)10-8-15/h1-4,13,16H,5-10H2. The molecule has 0 saturated carbocycles. The smallest absolute Gasteiger partial charge is 0.152 e. The molecule has 1 N–H and O–H groups in total. The van der Waals surface area contributed by atoms with E-state index < -0.39 is 15.9 Å². The van der Waals surface area contributed by atoms with Gasteiger partial charge in [0.05, 0.1) is 17.6 Å². The van der Waals surface area contributed by atoms with Crippen molar-refractivity contribution < 1.29 is 13.5 Å². The van der Waals surface area contributed by atoms with E-state index in [2.05, 4.69) is 4.90 Å². The van der Waals surface area contributed by atoms with Gasteiger partial charge in [-0.25, -0.2) is 8.42 Å². The minimum Gasteiger partial charge on any atom is -0.388 e. The third kappa shape index (κ3) is 4.18. The van der Waals surface area contributed by atoms with Crippen LogP contribution in [0.2, 0.25) is 5.02 Å². The number of hydrogen-bond donors (Lipinski definition) is 1. The van der Waals surface area contributed by atoms with E-state index >= 15 is 0 Å². The lowest BCUT2D eigenvalue weighted by molar-refractivity contribution is 0.144. The molecule has 1 aromatic carbocycles. The third-order valence-corrected chi connectivity index (χ3v) is 5.37. The lowest BCUT2D eigenvalue weighted by Gasteiger charge is -2.27. The molecule has 1 aliphatic heterocycles. The number of rotatable bonds is 4. The third-order valence-electron chi connectivity index (χ3n) is 3.42. The molecule has 1 aromatic rings. The maximum absolute atomic E-state index is 11.3. The fraction of sp³-hybridized carbons (Fsp3) is 0.538. The lowest BCUT2D eigenvalue weighted by atomic mass is 10.1. The summed E-state index contributed by atoms with van der Waals surface area (Å²) in [5, 5.41) is 10.7. The predicted molar refractivity (Wildman–Crippen MR) is 76.1 cm³/mol. The highest BCUT2D eigenvalue weighted by Gasteiger charge is 2.22. The first-order valence-electron chi connectivity index (χ1n) is 6.33. The van der Waals surface area contributed by atoms with Gasteiger partial charge in [0.1, 0.15) is 0 Å². The summed E-state index contributed by atoms with van der Waals surface area (Å²) in [5.74, 6) is 0.435. The predicted octanol–water partition coefficient (Wildman–Crippen LogP) is 1.49. The van der Waals surface area contributed by atoms with E-state index in [4.69, 9.17) is 11.6 Å². The van der Waals surface area contributed by atoms with Crippen molar-refractivity contribution in [3.8, 4) is 0 Å². The minimum atomic E-state index is -2.84. The maximum Gasteiger partial charge on any atom is 0.152 e. The Morgan fingerprint density at radius 2 is 1.89 bits per heavy atom. The van der Waals surface area contributed by atoms with Gasteiger partial charge < -0.3 is 10.0 Å². The molecule has 6 heteroatoms. The zero-order valence-electron chi connectivity index (χ0n) is 10.6. The molecule has 0 spiro atoms. The van der Waals surface area contributed by atoms with Crippen LogP contribution in [0.3, 0.4) is 0 Å². The Labute approximate surface area is 118 Å². The highest BCUT2D eigenvalue weighted by Crippen LogP contribution is 2.25. The molecule has 2 rings (SSSR count). The number of aliphatic hydroxyl groups excluding tert-OH is 1. The van der Waals surface area contributed by atoms with Crippen LogP contribution in [0, 0.1) is 0 Å². The molecule has 1 fully saturated rings. The molecule has 1 heterocycles. The first kappa shape index (κ1) is 14.8. The average Bonchev–Trinajstić information content (AvgIpc) is 2.38. The average molecular weight is 304 g/mol. The topological polar surface area (TPSA) is 57.6 Å². The van der Waals surface area contributed by atoms with E-state index in [1.54, 1.807) is 6.07 Å². The Bertz CT molecular complexity index is 518. The summed E-state index contributed by atoms with van der Waals surface area (Å²) in [4.78, 5) is 2.07. The quantitative estimate of drug-likeness (QED) is 0.916. The van der Waals surface area contributed by atoms with Gasteiger partial charge >= 0.3 is 0 Å². The van der Waals surface area contributed by atoms with Crippen LogP contribution in [0.15, 0.2) is 24.3 Å². The van der Waals surface area contributed by atoms with Crippen molar-refractivity contribution in [1.29, 1.82) is 0 Å². The molecule has 1 aliphatic rings. The van der Waals surface area contributed by atoms with Crippen molar-refractivity contribution in [2.75, 3.05) is 31.1 Å². The van der Waals surface area contributed by atoms with Crippen molar-refractivity contribution in [2.24, 2.45) is 0 Å². The van der Waals surface area contributed by atoms with E-state index in [0.717, 1.165) is 5.56 Å². The van der Waals surface area contributed by atoms with Gasteiger partial charge in [0.15, 0.2) is 9.84 Å². The SMILES string of the molecule is O=S1(=O)CCN(CCC(O)c2ccccc2Cl)CC1. The van der Waals surface area contributed by atoms with E-state index in [0.29, 0.717) is 31.1 Å². The fourth-order valence-corrected chi connectivity index (χ4v) is 3.72. The molecule has 0 amide bonds. The van der Waals surface area contributed by atoms with E-state index in [1.165, 1.54) is 0 Å². The number of nitrogens with zero attached hydrogens (tertiary/aromatic N) is 1. The maximum atomic E-state index is 11.3. The molecule has 1 atom stereocenters. The molecule has 4 nitrogen and oxygen atoms in total. The number of halogens is 1. The number of aliphatic hydroxyl groups is 1. The van der Waals surface area contributed by atoms with Crippen molar-refractivity contribution in [3.05, 3.63) is 34.9 Å². The zero-order valence-corrected chi connectivity index (χ0v) is 12.2. The molecule has 1 saturated heterocycles. The highest BCUT2D eigenvalue weighted by atomic mass is 35.5. The first-order valence-corrected chi connectivity index (χ1v) is 8.53. The first-order chi connectivity index (χ1) is 8.98.